The van der Waals surface area contributed by atoms with Gasteiger partial charge in [-0.25, -0.2) is 15.1 Å². The normalized spacial score (nSPS) is 13.4. The summed E-state index contributed by atoms with van der Waals surface area (Å²) in [4.78, 5) is 22.3. The molecule has 0 saturated heterocycles. The van der Waals surface area contributed by atoms with Crippen molar-refractivity contribution < 1.29 is 0 Å². The van der Waals surface area contributed by atoms with Gasteiger partial charge in [0, 0.05) is 37.8 Å². The van der Waals surface area contributed by atoms with E-state index in [-0.39, 0.29) is 5.56 Å². The van der Waals surface area contributed by atoms with E-state index >= 15 is 0 Å². The van der Waals surface area contributed by atoms with Gasteiger partial charge in [-0.1, -0.05) is 12.1 Å². The summed E-state index contributed by atoms with van der Waals surface area (Å²) in [5.41, 5.74) is 12.3. The van der Waals surface area contributed by atoms with Crippen LogP contribution < -0.4 is 16.4 Å². The third-order valence-electron chi connectivity index (χ3n) is 5.99. The molecule has 5 heterocycles. The van der Waals surface area contributed by atoms with Crippen molar-refractivity contribution >= 4 is 38.3 Å². The second kappa shape index (κ2) is 7.54. The van der Waals surface area contributed by atoms with E-state index in [0.717, 1.165) is 51.4 Å². The lowest BCUT2D eigenvalue weighted by Crippen LogP contribution is -2.31. The van der Waals surface area contributed by atoms with Gasteiger partial charge >= 0.3 is 0 Å². The highest BCUT2D eigenvalue weighted by Gasteiger charge is 2.19. The van der Waals surface area contributed by atoms with Crippen molar-refractivity contribution in [2.75, 3.05) is 12.0 Å². The van der Waals surface area contributed by atoms with E-state index in [9.17, 15) is 4.79 Å². The van der Waals surface area contributed by atoms with E-state index in [4.69, 9.17) is 4.98 Å². The summed E-state index contributed by atoms with van der Waals surface area (Å²) in [5.74, 6) is 0. The Balaban J connectivity index is 1.40. The summed E-state index contributed by atoms with van der Waals surface area (Å²) in [6.45, 7) is 1.30. The molecule has 1 aliphatic heterocycles. The highest BCUT2D eigenvalue weighted by molar-refractivity contribution is 7.19. The number of benzene rings is 1. The van der Waals surface area contributed by atoms with Gasteiger partial charge in [-0.3, -0.25) is 9.78 Å². The fourth-order valence-corrected chi connectivity index (χ4v) is 5.54. The summed E-state index contributed by atoms with van der Waals surface area (Å²) in [6, 6.07) is 10.1. The maximum absolute atomic E-state index is 13.4. The molecule has 5 aromatic rings. The van der Waals surface area contributed by atoms with E-state index in [1.807, 2.05) is 42.1 Å². The minimum Gasteiger partial charge on any atom is -0.323 e. The van der Waals surface area contributed by atoms with Crippen molar-refractivity contribution in [3.05, 3.63) is 81.0 Å². The number of nitrogens with one attached hydrogen (secondary N) is 2. The molecule has 0 atom stereocenters. The molecular formula is C23H21N7OS. The van der Waals surface area contributed by atoms with E-state index in [2.05, 4.69) is 27.0 Å². The number of aryl methyl sites for hydroxylation is 1. The van der Waals surface area contributed by atoms with Gasteiger partial charge in [-0.15, -0.1) is 11.3 Å². The van der Waals surface area contributed by atoms with Crippen molar-refractivity contribution in [1.82, 2.24) is 29.7 Å². The number of rotatable bonds is 4. The lowest BCUT2D eigenvalue weighted by Gasteiger charge is -2.21. The molecule has 6 rings (SSSR count). The molecule has 0 bridgehead atoms. The number of thiazole rings is 1. The molecule has 0 saturated carbocycles. The van der Waals surface area contributed by atoms with Gasteiger partial charge in [-0.2, -0.15) is 5.10 Å². The predicted octanol–water partition coefficient (Wildman–Crippen LogP) is 2.85. The van der Waals surface area contributed by atoms with Crippen LogP contribution in [0.25, 0.3) is 21.3 Å². The Bertz CT molecular complexity index is 1520. The maximum Gasteiger partial charge on any atom is 0.291 e. The zero-order valence-electron chi connectivity index (χ0n) is 17.5. The summed E-state index contributed by atoms with van der Waals surface area (Å²) in [5, 5.41) is 6.41. The highest BCUT2D eigenvalue weighted by Crippen LogP contribution is 2.32. The molecule has 0 amide bonds. The van der Waals surface area contributed by atoms with Gasteiger partial charge in [0.05, 0.1) is 23.1 Å². The minimum atomic E-state index is -0.0922. The molecule has 0 aliphatic carbocycles. The first-order chi connectivity index (χ1) is 15.7. The smallest absolute Gasteiger partial charge is 0.291 e. The average Bonchev–Trinajstić information content (AvgIpc) is 3.34. The van der Waals surface area contributed by atoms with Crippen molar-refractivity contribution in [2.24, 2.45) is 7.05 Å². The van der Waals surface area contributed by atoms with Crippen LogP contribution in [0.15, 0.2) is 53.7 Å². The number of pyridine rings is 1. The molecule has 1 aliphatic rings. The number of hydrogen-bond donors (Lipinski definition) is 2. The van der Waals surface area contributed by atoms with Crippen LogP contribution in [0.2, 0.25) is 0 Å². The monoisotopic (exact) mass is 443 g/mol. The van der Waals surface area contributed by atoms with Gasteiger partial charge < -0.3 is 9.99 Å². The Morgan fingerprint density at radius 1 is 1.19 bits per heavy atom. The Hall–Kier alpha value is -3.56. The van der Waals surface area contributed by atoms with Crippen LogP contribution in [-0.4, -0.2) is 30.9 Å². The lowest BCUT2D eigenvalue weighted by molar-refractivity contribution is 0.634. The van der Waals surface area contributed by atoms with Gasteiger partial charge in [0.2, 0.25) is 0 Å². The van der Waals surface area contributed by atoms with E-state index in [1.165, 1.54) is 11.1 Å². The second-order valence-electron chi connectivity index (χ2n) is 7.97. The van der Waals surface area contributed by atoms with Gasteiger partial charge in [0.25, 0.3) is 5.56 Å². The number of hydrazine groups is 1. The van der Waals surface area contributed by atoms with Crippen LogP contribution in [0.5, 0.6) is 0 Å². The molecule has 0 radical (unpaired) electrons. The summed E-state index contributed by atoms with van der Waals surface area (Å²) in [6.07, 6.45) is 7.06. The quantitative estimate of drug-likeness (QED) is 0.444. The van der Waals surface area contributed by atoms with Gasteiger partial charge in [-0.05, 0) is 41.3 Å². The summed E-state index contributed by atoms with van der Waals surface area (Å²) in [7, 11) is 1.91. The molecular weight excluding hydrogens is 422 g/mol. The molecule has 9 heteroatoms. The molecule has 0 spiro atoms. The van der Waals surface area contributed by atoms with Crippen molar-refractivity contribution in [1.29, 1.82) is 0 Å². The second-order valence-corrected chi connectivity index (χ2v) is 9.05. The van der Waals surface area contributed by atoms with Crippen LogP contribution in [0.1, 0.15) is 21.7 Å². The molecule has 0 unspecified atom stereocenters. The van der Waals surface area contributed by atoms with Gasteiger partial charge in [0.15, 0.2) is 5.65 Å². The molecule has 8 nitrogen and oxygen atoms in total. The molecule has 1 aromatic carbocycles. The van der Waals surface area contributed by atoms with Crippen molar-refractivity contribution in [2.45, 2.75) is 19.4 Å². The largest absolute Gasteiger partial charge is 0.323 e. The molecule has 4 aromatic heterocycles. The van der Waals surface area contributed by atoms with E-state index < -0.39 is 0 Å². The number of aromatic nitrogens is 5. The Morgan fingerprint density at radius 3 is 2.94 bits per heavy atom. The lowest BCUT2D eigenvalue weighted by atomic mass is 10.0. The molecule has 0 fully saturated rings. The number of nitrogens with zero attached hydrogens (tertiary/aromatic N) is 5. The third kappa shape index (κ3) is 3.09. The summed E-state index contributed by atoms with van der Waals surface area (Å²) >= 11 is 1.62. The van der Waals surface area contributed by atoms with Crippen LogP contribution in [0.3, 0.4) is 0 Å². The zero-order chi connectivity index (χ0) is 21.7. The Labute approximate surface area is 187 Å². The standard InChI is InChI=1S/C23H21N7OS/c1-29-20-17(21-22(29)27-19(32-21)11-14-5-8-24-9-6-14)12-26-30(23(20)31)13-15-3-2-4-18-16(15)7-10-25-28-18/h2-6,8-9,12,25,28H,7,10-11,13H2,1H3. The maximum atomic E-state index is 13.4. The van der Waals surface area contributed by atoms with E-state index in [0.29, 0.717) is 12.1 Å². The first-order valence-electron chi connectivity index (χ1n) is 10.5. The van der Waals surface area contributed by atoms with Gasteiger partial charge in [0.1, 0.15) is 10.5 Å². The fraction of sp³-hybridized carbons (Fsp3) is 0.217. The molecule has 2 N–H and O–H groups in total. The first kappa shape index (κ1) is 19.1. The predicted molar refractivity (Wildman–Crippen MR) is 126 cm³/mol. The number of anilines is 1. The zero-order valence-corrected chi connectivity index (χ0v) is 18.3. The first-order valence-corrected chi connectivity index (χ1v) is 11.3. The van der Waals surface area contributed by atoms with E-state index in [1.54, 1.807) is 28.4 Å². The highest BCUT2D eigenvalue weighted by atomic mass is 32.1. The van der Waals surface area contributed by atoms with Crippen LogP contribution in [0, 0.1) is 0 Å². The van der Waals surface area contributed by atoms with Crippen molar-refractivity contribution in [3.8, 4) is 0 Å². The van der Waals surface area contributed by atoms with Crippen LogP contribution in [-0.2, 0) is 26.4 Å². The van der Waals surface area contributed by atoms with Crippen molar-refractivity contribution in [3.63, 3.8) is 0 Å². The molecule has 32 heavy (non-hydrogen) atoms. The number of fused-ring (bicyclic) bond motifs is 4. The third-order valence-corrected chi connectivity index (χ3v) is 7.07. The molecule has 160 valence electrons. The topological polar surface area (TPSA) is 89.7 Å². The Kier molecular flexibility index (Phi) is 4.51. The number of hydrogen-bond acceptors (Lipinski definition) is 7. The van der Waals surface area contributed by atoms with Crippen LogP contribution in [0.4, 0.5) is 5.69 Å². The Morgan fingerprint density at radius 2 is 2.06 bits per heavy atom. The fourth-order valence-electron chi connectivity index (χ4n) is 4.40. The minimum absolute atomic E-state index is 0.0922. The SMILES string of the molecule is Cn1c2nc(Cc3ccncc3)sc2c2cnn(Cc3cccc4c3CCNN4)c(=O)c21. The average molecular weight is 444 g/mol. The summed E-state index contributed by atoms with van der Waals surface area (Å²) < 4.78 is 4.47. The van der Waals surface area contributed by atoms with Crippen LogP contribution >= 0.6 is 11.3 Å².